The zero-order chi connectivity index (χ0) is 15.0. The number of carbonyl (C=O) groups excluding carboxylic acids is 1. The number of nitrogens with zero attached hydrogens (tertiary/aromatic N) is 2. The van der Waals surface area contributed by atoms with E-state index < -0.39 is 4.92 Å². The van der Waals surface area contributed by atoms with E-state index in [-0.39, 0.29) is 41.6 Å². The van der Waals surface area contributed by atoms with Crippen molar-refractivity contribution in [2.24, 2.45) is 0 Å². The van der Waals surface area contributed by atoms with Crippen LogP contribution in [0.25, 0.3) is 0 Å². The van der Waals surface area contributed by atoms with Gasteiger partial charge in [-0.05, 0) is 38.8 Å². The Labute approximate surface area is 135 Å². The van der Waals surface area contributed by atoms with Crippen LogP contribution in [0.5, 0.6) is 0 Å². The van der Waals surface area contributed by atoms with Crippen molar-refractivity contribution in [2.45, 2.75) is 38.3 Å². The highest BCUT2D eigenvalue weighted by Gasteiger charge is 2.40. The molecule has 2 heterocycles. The van der Waals surface area contributed by atoms with Crippen molar-refractivity contribution in [3.63, 3.8) is 0 Å². The second kappa shape index (κ2) is 6.62. The SMILES string of the molecule is Cc1cccc(C(=O)N2C3CCNCC2CC3)c1[N+](=O)[O-].Cl. The van der Waals surface area contributed by atoms with Gasteiger partial charge in [-0.25, -0.2) is 0 Å². The molecule has 7 heteroatoms. The highest BCUT2D eigenvalue weighted by Crippen LogP contribution is 2.32. The molecule has 2 unspecified atom stereocenters. The number of aryl methyl sites for hydroxylation is 1. The van der Waals surface area contributed by atoms with E-state index in [1.54, 1.807) is 25.1 Å². The molecule has 0 aromatic heterocycles. The number of fused-ring (bicyclic) bond motifs is 2. The van der Waals surface area contributed by atoms with Gasteiger partial charge in [-0.15, -0.1) is 12.4 Å². The molecule has 1 N–H and O–H groups in total. The lowest BCUT2D eigenvalue weighted by atomic mass is 10.1. The highest BCUT2D eigenvalue weighted by molar-refractivity contribution is 5.99. The Morgan fingerprint density at radius 3 is 2.77 bits per heavy atom. The summed E-state index contributed by atoms with van der Waals surface area (Å²) in [4.78, 5) is 25.6. The van der Waals surface area contributed by atoms with Crippen LogP contribution < -0.4 is 5.32 Å². The number of hydrogen-bond acceptors (Lipinski definition) is 4. The van der Waals surface area contributed by atoms with Crippen molar-refractivity contribution in [3.8, 4) is 0 Å². The third-order valence-corrected chi connectivity index (χ3v) is 4.54. The first-order valence-corrected chi connectivity index (χ1v) is 7.37. The maximum Gasteiger partial charge on any atom is 0.285 e. The normalized spacial score (nSPS) is 23.6. The van der Waals surface area contributed by atoms with Gasteiger partial charge in [0.15, 0.2) is 0 Å². The van der Waals surface area contributed by atoms with E-state index in [1.165, 1.54) is 0 Å². The van der Waals surface area contributed by atoms with Crippen molar-refractivity contribution in [2.75, 3.05) is 13.1 Å². The first-order valence-electron chi connectivity index (χ1n) is 7.37. The smallest absolute Gasteiger partial charge is 0.285 e. The molecule has 1 aromatic carbocycles. The summed E-state index contributed by atoms with van der Waals surface area (Å²) in [5.74, 6) is -0.193. The summed E-state index contributed by atoms with van der Waals surface area (Å²) in [7, 11) is 0. The van der Waals surface area contributed by atoms with Crippen LogP contribution >= 0.6 is 12.4 Å². The van der Waals surface area contributed by atoms with Crippen molar-refractivity contribution >= 4 is 24.0 Å². The number of halogens is 1. The highest BCUT2D eigenvalue weighted by atomic mass is 35.5. The molecule has 0 spiro atoms. The summed E-state index contributed by atoms with van der Waals surface area (Å²) in [6.45, 7) is 3.36. The lowest BCUT2D eigenvalue weighted by Gasteiger charge is -2.28. The number of nitro groups is 1. The Morgan fingerprint density at radius 1 is 1.32 bits per heavy atom. The molecule has 1 aromatic rings. The van der Waals surface area contributed by atoms with Gasteiger partial charge in [-0.1, -0.05) is 12.1 Å². The lowest BCUT2D eigenvalue weighted by molar-refractivity contribution is -0.385. The molecule has 2 aliphatic heterocycles. The van der Waals surface area contributed by atoms with E-state index in [2.05, 4.69) is 5.32 Å². The van der Waals surface area contributed by atoms with Crippen LogP contribution in [0.4, 0.5) is 5.69 Å². The molecule has 2 aliphatic rings. The predicted octanol–water partition coefficient (Wildman–Crippen LogP) is 2.29. The fourth-order valence-electron chi connectivity index (χ4n) is 3.53. The maximum atomic E-state index is 12.9. The van der Waals surface area contributed by atoms with Crippen molar-refractivity contribution in [1.29, 1.82) is 0 Å². The average Bonchev–Trinajstić information content (AvgIpc) is 2.70. The molecule has 22 heavy (non-hydrogen) atoms. The summed E-state index contributed by atoms with van der Waals surface area (Å²) in [6, 6.07) is 5.33. The number of benzene rings is 1. The minimum absolute atomic E-state index is 0. The Morgan fingerprint density at radius 2 is 2.05 bits per heavy atom. The molecule has 0 saturated carbocycles. The van der Waals surface area contributed by atoms with Crippen molar-refractivity contribution in [3.05, 3.63) is 39.4 Å². The average molecular weight is 326 g/mol. The van der Waals surface area contributed by atoms with Crippen LogP contribution in [0.1, 0.15) is 35.2 Å². The summed E-state index contributed by atoms with van der Waals surface area (Å²) in [6.07, 6.45) is 2.89. The summed E-state index contributed by atoms with van der Waals surface area (Å²) in [5.41, 5.74) is 0.698. The van der Waals surface area contributed by atoms with Gasteiger partial charge in [-0.3, -0.25) is 14.9 Å². The maximum absolute atomic E-state index is 12.9. The summed E-state index contributed by atoms with van der Waals surface area (Å²) >= 11 is 0. The number of para-hydroxylation sites is 1. The molecule has 3 rings (SSSR count). The molecule has 2 atom stereocenters. The number of amides is 1. The van der Waals surface area contributed by atoms with E-state index >= 15 is 0 Å². The molecular weight excluding hydrogens is 306 g/mol. The quantitative estimate of drug-likeness (QED) is 0.668. The van der Waals surface area contributed by atoms with E-state index in [0.29, 0.717) is 5.56 Å². The molecule has 0 aliphatic carbocycles. The lowest BCUT2D eigenvalue weighted by Crippen LogP contribution is -2.42. The van der Waals surface area contributed by atoms with Crippen LogP contribution in [0.2, 0.25) is 0 Å². The Balaban J connectivity index is 0.00000176. The van der Waals surface area contributed by atoms with Gasteiger partial charge in [0, 0.05) is 24.2 Å². The van der Waals surface area contributed by atoms with Crippen LogP contribution in [-0.2, 0) is 0 Å². The predicted molar refractivity (Wildman–Crippen MR) is 85.5 cm³/mol. The van der Waals surface area contributed by atoms with Crippen LogP contribution in [0, 0.1) is 17.0 Å². The third kappa shape index (κ3) is 2.80. The Kier molecular flexibility index (Phi) is 5.03. The van der Waals surface area contributed by atoms with Gasteiger partial charge in [0.1, 0.15) is 5.56 Å². The van der Waals surface area contributed by atoms with E-state index in [0.717, 1.165) is 32.4 Å². The van der Waals surface area contributed by atoms with Gasteiger partial charge in [0.25, 0.3) is 11.6 Å². The standard InChI is InChI=1S/C15H19N3O3.ClH/c1-10-3-2-4-13(14(10)18(20)21)15(19)17-11-5-6-12(17)9-16-8-7-11;/h2-4,11-12,16H,5-9H2,1H3;1H. The fraction of sp³-hybridized carbons (Fsp3) is 0.533. The molecule has 2 fully saturated rings. The molecular formula is C15H20ClN3O3. The molecule has 2 bridgehead atoms. The number of hydrogen-bond donors (Lipinski definition) is 1. The van der Waals surface area contributed by atoms with Gasteiger partial charge >= 0.3 is 0 Å². The Hall–Kier alpha value is -1.66. The largest absolute Gasteiger partial charge is 0.331 e. The number of rotatable bonds is 2. The number of nitrogens with one attached hydrogen (secondary N) is 1. The summed E-state index contributed by atoms with van der Waals surface area (Å²) < 4.78 is 0. The topological polar surface area (TPSA) is 75.5 Å². The minimum Gasteiger partial charge on any atom is -0.331 e. The Bertz CT molecular complexity index is 579. The molecule has 1 amide bonds. The van der Waals surface area contributed by atoms with Crippen LogP contribution in [0.3, 0.4) is 0 Å². The third-order valence-electron chi connectivity index (χ3n) is 4.54. The van der Waals surface area contributed by atoms with Gasteiger partial charge in [-0.2, -0.15) is 0 Å². The van der Waals surface area contributed by atoms with Gasteiger partial charge in [0.05, 0.1) is 4.92 Å². The number of nitro benzene ring substituents is 1. The second-order valence-corrected chi connectivity index (χ2v) is 5.82. The summed E-state index contributed by atoms with van der Waals surface area (Å²) in [5, 5.41) is 14.6. The fourth-order valence-corrected chi connectivity index (χ4v) is 3.53. The monoisotopic (exact) mass is 325 g/mol. The van der Waals surface area contributed by atoms with Crippen LogP contribution in [0.15, 0.2) is 18.2 Å². The van der Waals surface area contributed by atoms with Gasteiger partial charge in [0.2, 0.25) is 0 Å². The molecule has 6 nitrogen and oxygen atoms in total. The van der Waals surface area contributed by atoms with Crippen molar-refractivity contribution in [1.82, 2.24) is 10.2 Å². The van der Waals surface area contributed by atoms with E-state index in [1.807, 2.05) is 4.90 Å². The van der Waals surface area contributed by atoms with E-state index in [4.69, 9.17) is 0 Å². The minimum atomic E-state index is -0.444. The number of carbonyl (C=O) groups is 1. The van der Waals surface area contributed by atoms with E-state index in [9.17, 15) is 14.9 Å². The van der Waals surface area contributed by atoms with Crippen LogP contribution in [-0.4, -0.2) is 40.9 Å². The zero-order valence-electron chi connectivity index (χ0n) is 12.4. The molecule has 2 saturated heterocycles. The zero-order valence-corrected chi connectivity index (χ0v) is 13.3. The second-order valence-electron chi connectivity index (χ2n) is 5.82. The molecule has 120 valence electrons. The van der Waals surface area contributed by atoms with Gasteiger partial charge < -0.3 is 10.2 Å². The first kappa shape index (κ1) is 16.7. The first-order chi connectivity index (χ1) is 10.1. The molecule has 0 radical (unpaired) electrons. The van der Waals surface area contributed by atoms with Crippen molar-refractivity contribution < 1.29 is 9.72 Å².